The van der Waals surface area contributed by atoms with Gasteiger partial charge >= 0.3 is 0 Å². The topological polar surface area (TPSA) is 71.1 Å². The molecule has 1 aliphatic heterocycles. The van der Waals surface area contributed by atoms with E-state index in [1.54, 1.807) is 6.07 Å². The second kappa shape index (κ2) is 4.25. The van der Waals surface area contributed by atoms with Gasteiger partial charge in [0.05, 0.1) is 12.3 Å². The third-order valence-corrected chi connectivity index (χ3v) is 2.45. The number of ether oxygens (including phenoxy) is 2. The third-order valence-electron chi connectivity index (χ3n) is 2.45. The van der Waals surface area contributed by atoms with Crippen molar-refractivity contribution in [2.45, 2.75) is 19.4 Å². The smallest absolute Gasteiger partial charge is 0.221 e. The zero-order valence-electron chi connectivity index (χ0n) is 9.82. The van der Waals surface area contributed by atoms with Gasteiger partial charge in [0.1, 0.15) is 23.7 Å². The first-order valence-corrected chi connectivity index (χ1v) is 5.36. The summed E-state index contributed by atoms with van der Waals surface area (Å²) >= 11 is 0. The molecule has 1 fully saturated rings. The molecule has 5 nitrogen and oxygen atoms in total. The van der Waals surface area contributed by atoms with Gasteiger partial charge in [-0.2, -0.15) is 0 Å². The molecule has 1 unspecified atom stereocenters. The number of carbonyl (C=O) groups is 1. The molecule has 5 heteroatoms. The van der Waals surface area contributed by atoms with Crippen molar-refractivity contribution in [3.05, 3.63) is 18.2 Å². The van der Waals surface area contributed by atoms with Crippen molar-refractivity contribution in [2.75, 3.05) is 18.5 Å². The van der Waals surface area contributed by atoms with E-state index in [0.717, 1.165) is 0 Å². The van der Waals surface area contributed by atoms with Crippen molar-refractivity contribution in [3.63, 3.8) is 0 Å². The highest BCUT2D eigenvalue weighted by molar-refractivity contribution is 5.90. The van der Waals surface area contributed by atoms with E-state index in [9.17, 15) is 9.90 Å². The van der Waals surface area contributed by atoms with Crippen LogP contribution in [-0.4, -0.2) is 29.8 Å². The lowest BCUT2D eigenvalue weighted by Crippen LogP contribution is -2.18. The van der Waals surface area contributed by atoms with Crippen molar-refractivity contribution < 1.29 is 19.4 Å². The molecule has 1 atom stereocenters. The number of hydrogen-bond acceptors (Lipinski definition) is 4. The van der Waals surface area contributed by atoms with E-state index in [1.807, 2.05) is 6.92 Å². The lowest BCUT2D eigenvalue weighted by atomic mass is 10.2. The molecule has 1 aromatic rings. The number of benzene rings is 1. The number of rotatable bonds is 4. The summed E-state index contributed by atoms with van der Waals surface area (Å²) in [4.78, 5) is 11.0. The molecular weight excluding hydrogens is 222 g/mol. The average Bonchev–Trinajstić information content (AvgIpc) is 2.97. The lowest BCUT2D eigenvalue weighted by molar-refractivity contribution is -0.114. The van der Waals surface area contributed by atoms with Crippen molar-refractivity contribution in [2.24, 2.45) is 0 Å². The van der Waals surface area contributed by atoms with Crippen LogP contribution in [0.1, 0.15) is 13.8 Å². The molecule has 0 aliphatic carbocycles. The van der Waals surface area contributed by atoms with Crippen LogP contribution in [0.25, 0.3) is 0 Å². The molecule has 1 saturated heterocycles. The zero-order chi connectivity index (χ0) is 12.5. The predicted molar refractivity (Wildman–Crippen MR) is 62.3 cm³/mol. The van der Waals surface area contributed by atoms with E-state index in [1.165, 1.54) is 19.1 Å². The lowest BCUT2D eigenvalue weighted by Gasteiger charge is -2.13. The van der Waals surface area contributed by atoms with Gasteiger partial charge in [0, 0.05) is 13.0 Å². The normalized spacial score (nSPS) is 22.0. The van der Waals surface area contributed by atoms with E-state index in [2.05, 4.69) is 5.32 Å². The maximum Gasteiger partial charge on any atom is 0.221 e. The maximum atomic E-state index is 11.0. The highest BCUT2D eigenvalue weighted by Crippen LogP contribution is 2.32. The standard InChI is InChI=1S/C12H15NO4/c1-8(14)13-10-4-3-9(15)5-11(10)16-6-12(2)7-17-12/h3-5,15H,6-7H2,1-2H3,(H,13,14). The Morgan fingerprint density at radius 1 is 1.65 bits per heavy atom. The minimum Gasteiger partial charge on any atom is -0.508 e. The Balaban J connectivity index is 2.11. The average molecular weight is 237 g/mol. The van der Waals surface area contributed by atoms with E-state index < -0.39 is 0 Å². The van der Waals surface area contributed by atoms with E-state index >= 15 is 0 Å². The van der Waals surface area contributed by atoms with Gasteiger partial charge in [0.2, 0.25) is 5.91 Å². The summed E-state index contributed by atoms with van der Waals surface area (Å²) in [5, 5.41) is 12.0. The Kier molecular flexibility index (Phi) is 2.93. The maximum absolute atomic E-state index is 11.0. The zero-order valence-corrected chi connectivity index (χ0v) is 9.82. The Morgan fingerprint density at radius 2 is 2.35 bits per heavy atom. The molecule has 92 valence electrons. The van der Waals surface area contributed by atoms with E-state index in [4.69, 9.17) is 9.47 Å². The van der Waals surface area contributed by atoms with Crippen molar-refractivity contribution in [1.29, 1.82) is 0 Å². The van der Waals surface area contributed by atoms with Crippen molar-refractivity contribution >= 4 is 11.6 Å². The van der Waals surface area contributed by atoms with Crippen LogP contribution in [0.2, 0.25) is 0 Å². The molecule has 2 N–H and O–H groups in total. The first kappa shape index (κ1) is 11.7. The van der Waals surface area contributed by atoms with Crippen molar-refractivity contribution in [3.8, 4) is 11.5 Å². The quantitative estimate of drug-likeness (QED) is 0.615. The first-order valence-electron chi connectivity index (χ1n) is 5.36. The van der Waals surface area contributed by atoms with Gasteiger partial charge in [0.25, 0.3) is 0 Å². The van der Waals surface area contributed by atoms with Gasteiger partial charge in [0.15, 0.2) is 0 Å². The molecule has 0 spiro atoms. The summed E-state index contributed by atoms with van der Waals surface area (Å²) in [5.41, 5.74) is 0.304. The molecule has 0 aromatic heterocycles. The Morgan fingerprint density at radius 3 is 2.94 bits per heavy atom. The van der Waals surface area contributed by atoms with E-state index in [-0.39, 0.29) is 17.3 Å². The molecule has 0 saturated carbocycles. The molecule has 1 aliphatic rings. The highest BCUT2D eigenvalue weighted by Gasteiger charge is 2.40. The highest BCUT2D eigenvalue weighted by atomic mass is 16.6. The Hall–Kier alpha value is -1.75. The molecule has 1 amide bonds. The van der Waals surface area contributed by atoms with Crippen LogP contribution in [0, 0.1) is 0 Å². The fourth-order valence-electron chi connectivity index (χ4n) is 1.36. The molecular formula is C12H15NO4. The number of anilines is 1. The van der Waals surface area contributed by atoms with Gasteiger partial charge in [-0.15, -0.1) is 0 Å². The molecule has 1 aromatic carbocycles. The van der Waals surface area contributed by atoms with Crippen LogP contribution in [0.4, 0.5) is 5.69 Å². The number of hydrogen-bond donors (Lipinski definition) is 2. The summed E-state index contributed by atoms with van der Waals surface area (Å²) in [6.07, 6.45) is 0. The summed E-state index contributed by atoms with van der Waals surface area (Å²) in [6, 6.07) is 4.56. The summed E-state index contributed by atoms with van der Waals surface area (Å²) < 4.78 is 10.7. The van der Waals surface area contributed by atoms with Gasteiger partial charge in [-0.05, 0) is 19.1 Å². The summed E-state index contributed by atoms with van der Waals surface area (Å²) in [5.74, 6) is 0.349. The SMILES string of the molecule is CC(=O)Nc1ccc(O)cc1OCC1(C)CO1. The Labute approximate surface area is 99.3 Å². The minimum atomic E-state index is -0.237. The number of phenolic OH excluding ortho intramolecular Hbond substituents is 1. The number of nitrogens with one attached hydrogen (secondary N) is 1. The van der Waals surface area contributed by atoms with Gasteiger partial charge < -0.3 is 19.9 Å². The van der Waals surface area contributed by atoms with Crippen LogP contribution in [0.15, 0.2) is 18.2 Å². The molecule has 2 rings (SSSR count). The second-order valence-electron chi connectivity index (χ2n) is 4.39. The number of aromatic hydroxyl groups is 1. The molecule has 0 radical (unpaired) electrons. The van der Waals surface area contributed by atoms with E-state index in [0.29, 0.717) is 24.7 Å². The fourth-order valence-corrected chi connectivity index (χ4v) is 1.36. The first-order chi connectivity index (χ1) is 7.98. The number of epoxide rings is 1. The minimum absolute atomic E-state index is 0.0935. The van der Waals surface area contributed by atoms with Gasteiger partial charge in [-0.25, -0.2) is 0 Å². The largest absolute Gasteiger partial charge is 0.508 e. The van der Waals surface area contributed by atoms with Gasteiger partial charge in [-0.3, -0.25) is 4.79 Å². The number of carbonyl (C=O) groups excluding carboxylic acids is 1. The third kappa shape index (κ3) is 3.10. The predicted octanol–water partition coefficient (Wildman–Crippen LogP) is 1.52. The molecule has 0 bridgehead atoms. The summed E-state index contributed by atoms with van der Waals surface area (Å²) in [6.45, 7) is 4.42. The second-order valence-corrected chi connectivity index (χ2v) is 4.39. The van der Waals surface area contributed by atoms with Crippen LogP contribution < -0.4 is 10.1 Å². The number of phenols is 1. The van der Waals surface area contributed by atoms with Crippen LogP contribution in [0.5, 0.6) is 11.5 Å². The number of amides is 1. The molecule has 17 heavy (non-hydrogen) atoms. The summed E-state index contributed by atoms with van der Waals surface area (Å²) in [7, 11) is 0. The van der Waals surface area contributed by atoms with Gasteiger partial charge in [-0.1, -0.05) is 0 Å². The van der Waals surface area contributed by atoms with Crippen molar-refractivity contribution in [1.82, 2.24) is 0 Å². The van der Waals surface area contributed by atoms with Crippen LogP contribution in [0.3, 0.4) is 0 Å². The van der Waals surface area contributed by atoms with Crippen LogP contribution in [-0.2, 0) is 9.53 Å². The molecule has 1 heterocycles. The fraction of sp³-hybridized carbons (Fsp3) is 0.417. The monoisotopic (exact) mass is 237 g/mol. The Bertz CT molecular complexity index is 440. The van der Waals surface area contributed by atoms with Crippen LogP contribution >= 0.6 is 0 Å².